The zero-order valence-corrected chi connectivity index (χ0v) is 4.68. The number of nitrogens with one attached hydrogen (secondary N) is 1. The van der Waals surface area contributed by atoms with Crippen molar-refractivity contribution in [2.24, 2.45) is 0 Å². The van der Waals surface area contributed by atoms with Gasteiger partial charge in [0.25, 0.3) is 0 Å². The molecule has 0 atom stereocenters. The monoisotopic (exact) mass is 123 g/mol. The molecule has 1 aliphatic rings. The van der Waals surface area contributed by atoms with E-state index in [0.717, 1.165) is 0 Å². The van der Waals surface area contributed by atoms with Crippen molar-refractivity contribution in [3.8, 4) is 0 Å². The quantitative estimate of drug-likeness (QED) is 0.557. The van der Waals surface area contributed by atoms with E-state index in [4.69, 9.17) is 4.42 Å². The molecule has 0 unspecified atom stereocenters. The van der Waals surface area contributed by atoms with Gasteiger partial charge in [-0.1, -0.05) is 0 Å². The van der Waals surface area contributed by atoms with Crippen LogP contribution in [0.3, 0.4) is 0 Å². The predicted octanol–water partition coefficient (Wildman–Crippen LogP) is 0.888. The Bertz CT molecular complexity index is 251. The van der Waals surface area contributed by atoms with Gasteiger partial charge in [0.1, 0.15) is 0 Å². The van der Waals surface area contributed by atoms with Crippen molar-refractivity contribution in [2.45, 2.75) is 0 Å². The van der Waals surface area contributed by atoms with Gasteiger partial charge in [-0.2, -0.15) is 0 Å². The van der Waals surface area contributed by atoms with E-state index in [1.54, 1.807) is 6.07 Å². The van der Waals surface area contributed by atoms with Crippen LogP contribution < -0.4 is 5.32 Å². The Morgan fingerprint density at radius 2 is 2.56 bits per heavy atom. The Morgan fingerprint density at radius 3 is 3.33 bits per heavy atom. The summed E-state index contributed by atoms with van der Waals surface area (Å²) in [6.07, 6.45) is 1.51. The molecule has 0 aliphatic carbocycles. The molecule has 0 saturated carbocycles. The Labute approximate surface area is 51.7 Å². The molecular weight excluding hydrogens is 118 g/mol. The van der Waals surface area contributed by atoms with Crippen LogP contribution in [0.4, 0.5) is 5.88 Å². The van der Waals surface area contributed by atoms with Gasteiger partial charge in [-0.25, -0.2) is 0 Å². The van der Waals surface area contributed by atoms with Crippen molar-refractivity contribution in [1.82, 2.24) is 0 Å². The van der Waals surface area contributed by atoms with Crippen LogP contribution in [-0.2, 0) is 0 Å². The molecule has 0 amide bonds. The number of fused-ring (bicyclic) bond motifs is 1. The number of Topliss-reactive ketones (excluding diaryl/α,β-unsaturated/α-hetero) is 1. The molecule has 2 heterocycles. The standard InChI is InChI=1S/C6H5NO2/c8-5-3-7-6-4(5)1-2-9-6/h1-2,7H,3H2. The van der Waals surface area contributed by atoms with Gasteiger partial charge in [-0.3, -0.25) is 4.79 Å². The Hall–Kier alpha value is -1.25. The molecule has 1 N–H and O–H groups in total. The Morgan fingerprint density at radius 1 is 1.67 bits per heavy atom. The summed E-state index contributed by atoms with van der Waals surface area (Å²) in [4.78, 5) is 10.8. The third kappa shape index (κ3) is 0.483. The summed E-state index contributed by atoms with van der Waals surface area (Å²) in [5.41, 5.74) is 0.676. The fourth-order valence-electron chi connectivity index (χ4n) is 0.922. The van der Waals surface area contributed by atoms with E-state index in [9.17, 15) is 4.79 Å². The second kappa shape index (κ2) is 1.37. The summed E-state index contributed by atoms with van der Waals surface area (Å²) < 4.78 is 4.91. The number of hydrogen-bond acceptors (Lipinski definition) is 3. The van der Waals surface area contributed by atoms with Crippen LogP contribution >= 0.6 is 0 Å². The molecule has 0 fully saturated rings. The zero-order chi connectivity index (χ0) is 6.27. The van der Waals surface area contributed by atoms with E-state index in [2.05, 4.69) is 5.32 Å². The van der Waals surface area contributed by atoms with Crippen LogP contribution in [-0.4, -0.2) is 12.3 Å². The van der Waals surface area contributed by atoms with Crippen molar-refractivity contribution in [3.05, 3.63) is 17.9 Å². The summed E-state index contributed by atoms with van der Waals surface area (Å²) in [6.45, 7) is 0.384. The molecule has 1 aromatic heterocycles. The minimum Gasteiger partial charge on any atom is -0.448 e. The summed E-state index contributed by atoms with van der Waals surface area (Å²) in [6, 6.07) is 1.68. The molecule has 3 nitrogen and oxygen atoms in total. The van der Waals surface area contributed by atoms with E-state index in [-0.39, 0.29) is 5.78 Å². The molecule has 2 rings (SSSR count). The van der Waals surface area contributed by atoms with Gasteiger partial charge >= 0.3 is 0 Å². The molecule has 1 aromatic rings. The first kappa shape index (κ1) is 4.61. The minimum absolute atomic E-state index is 0.110. The lowest BCUT2D eigenvalue weighted by Gasteiger charge is -1.84. The first-order chi connectivity index (χ1) is 4.38. The lowest BCUT2D eigenvalue weighted by Crippen LogP contribution is -2.00. The average Bonchev–Trinajstić information content (AvgIpc) is 2.35. The highest BCUT2D eigenvalue weighted by Gasteiger charge is 2.20. The largest absolute Gasteiger partial charge is 0.448 e. The van der Waals surface area contributed by atoms with Crippen LogP contribution in [0.25, 0.3) is 0 Å². The molecular formula is C6H5NO2. The summed E-state index contributed by atoms with van der Waals surface area (Å²) in [5, 5.41) is 2.81. The van der Waals surface area contributed by atoms with Crippen LogP contribution in [0.1, 0.15) is 10.4 Å². The first-order valence-electron chi connectivity index (χ1n) is 2.72. The average molecular weight is 123 g/mol. The number of anilines is 1. The van der Waals surface area contributed by atoms with Gasteiger partial charge in [0.15, 0.2) is 5.78 Å². The fraction of sp³-hybridized carbons (Fsp3) is 0.167. The van der Waals surface area contributed by atoms with Gasteiger partial charge < -0.3 is 9.73 Å². The van der Waals surface area contributed by atoms with Gasteiger partial charge in [-0.15, -0.1) is 0 Å². The van der Waals surface area contributed by atoms with Crippen molar-refractivity contribution < 1.29 is 9.21 Å². The third-order valence-corrected chi connectivity index (χ3v) is 1.38. The predicted molar refractivity (Wildman–Crippen MR) is 31.5 cm³/mol. The zero-order valence-electron chi connectivity index (χ0n) is 4.68. The maximum atomic E-state index is 10.8. The first-order valence-corrected chi connectivity index (χ1v) is 2.72. The van der Waals surface area contributed by atoms with Crippen LogP contribution in [0.15, 0.2) is 16.7 Å². The highest BCUT2D eigenvalue weighted by molar-refractivity contribution is 6.06. The topological polar surface area (TPSA) is 42.2 Å². The molecule has 0 bridgehead atoms. The summed E-state index contributed by atoms with van der Waals surface area (Å²) in [7, 11) is 0. The van der Waals surface area contributed by atoms with Crippen LogP contribution in [0.5, 0.6) is 0 Å². The number of carbonyl (C=O) groups is 1. The van der Waals surface area contributed by atoms with Crippen molar-refractivity contribution in [1.29, 1.82) is 0 Å². The molecule has 3 heteroatoms. The summed E-state index contributed by atoms with van der Waals surface area (Å²) in [5.74, 6) is 0.721. The molecule has 0 spiro atoms. The Kier molecular flexibility index (Phi) is 0.704. The number of hydrogen-bond donors (Lipinski definition) is 1. The van der Waals surface area contributed by atoms with Gasteiger partial charge in [0.2, 0.25) is 5.88 Å². The molecule has 0 aromatic carbocycles. The van der Waals surface area contributed by atoms with Crippen molar-refractivity contribution in [3.63, 3.8) is 0 Å². The smallest absolute Gasteiger partial charge is 0.203 e. The van der Waals surface area contributed by atoms with Crippen LogP contribution in [0, 0.1) is 0 Å². The molecule has 9 heavy (non-hydrogen) atoms. The maximum absolute atomic E-state index is 10.8. The Balaban J connectivity index is 2.61. The van der Waals surface area contributed by atoms with Crippen LogP contribution in [0.2, 0.25) is 0 Å². The minimum atomic E-state index is 0.110. The molecule has 46 valence electrons. The number of ketones is 1. The highest BCUT2D eigenvalue weighted by Crippen LogP contribution is 2.21. The SMILES string of the molecule is O=C1CNc2occc21. The second-order valence-electron chi connectivity index (χ2n) is 1.94. The molecule has 1 aliphatic heterocycles. The highest BCUT2D eigenvalue weighted by atomic mass is 16.3. The lowest BCUT2D eigenvalue weighted by molar-refractivity contribution is 0.101. The summed E-state index contributed by atoms with van der Waals surface area (Å²) >= 11 is 0. The normalized spacial score (nSPS) is 15.3. The van der Waals surface area contributed by atoms with E-state index in [1.165, 1.54) is 6.26 Å². The third-order valence-electron chi connectivity index (χ3n) is 1.38. The van der Waals surface area contributed by atoms with Crippen molar-refractivity contribution >= 4 is 11.7 Å². The van der Waals surface area contributed by atoms with Crippen molar-refractivity contribution in [2.75, 3.05) is 11.9 Å². The lowest BCUT2D eigenvalue weighted by atomic mass is 10.2. The number of furan rings is 1. The van der Waals surface area contributed by atoms with Gasteiger partial charge in [0.05, 0.1) is 18.4 Å². The molecule has 0 saturated heterocycles. The number of carbonyl (C=O) groups excluding carboxylic acids is 1. The fourth-order valence-corrected chi connectivity index (χ4v) is 0.922. The van der Waals surface area contributed by atoms with Gasteiger partial charge in [0, 0.05) is 0 Å². The van der Waals surface area contributed by atoms with E-state index < -0.39 is 0 Å². The van der Waals surface area contributed by atoms with E-state index in [0.29, 0.717) is 18.0 Å². The second-order valence-corrected chi connectivity index (χ2v) is 1.94. The van der Waals surface area contributed by atoms with Gasteiger partial charge in [-0.05, 0) is 6.07 Å². The molecule has 0 radical (unpaired) electrons. The maximum Gasteiger partial charge on any atom is 0.203 e. The van der Waals surface area contributed by atoms with E-state index in [1.807, 2.05) is 0 Å². The number of rotatable bonds is 0. The van der Waals surface area contributed by atoms with E-state index >= 15 is 0 Å².